The Kier molecular flexibility index (Phi) is 1.32. The molecule has 0 aliphatic carbocycles. The van der Waals surface area contributed by atoms with Gasteiger partial charge in [0.2, 0.25) is 0 Å². The topological polar surface area (TPSA) is 13.1 Å². The molecule has 2 aromatic heterocycles. The Balaban J connectivity index is 2.48. The Labute approximate surface area is 62.9 Å². The lowest BCUT2D eigenvalue weighted by Crippen LogP contribution is -1.58. The van der Waals surface area contributed by atoms with Crippen LogP contribution in [0.1, 0.15) is 0 Å². The predicted octanol–water partition coefficient (Wildman–Crippen LogP) is 3.01. The molecule has 2 heteroatoms. The van der Waals surface area contributed by atoms with E-state index in [1.165, 1.54) is 4.88 Å². The molecule has 2 heterocycles. The number of hydrogen-bond donors (Lipinski definition) is 0. The molecule has 0 unspecified atom stereocenters. The maximum absolute atomic E-state index is 4.94. The van der Waals surface area contributed by atoms with Gasteiger partial charge < -0.3 is 4.42 Å². The van der Waals surface area contributed by atoms with E-state index in [0.717, 1.165) is 5.56 Å². The highest BCUT2D eigenvalue weighted by Gasteiger charge is 1.96. The van der Waals surface area contributed by atoms with Gasteiger partial charge in [-0.1, -0.05) is 6.07 Å². The summed E-state index contributed by atoms with van der Waals surface area (Å²) in [7, 11) is 0. The van der Waals surface area contributed by atoms with E-state index in [9.17, 15) is 0 Å². The third-order valence-electron chi connectivity index (χ3n) is 1.33. The van der Waals surface area contributed by atoms with Crippen molar-refractivity contribution in [3.05, 3.63) is 36.1 Å². The van der Waals surface area contributed by atoms with Crippen LogP contribution in [0.5, 0.6) is 0 Å². The number of hydrogen-bond acceptors (Lipinski definition) is 2. The molecule has 2 rings (SSSR count). The summed E-state index contributed by atoms with van der Waals surface area (Å²) in [6, 6.07) is 6.08. The van der Waals surface area contributed by atoms with Crippen LogP contribution < -0.4 is 0 Å². The molecule has 0 aromatic carbocycles. The Morgan fingerprint density at radius 2 is 2.30 bits per heavy atom. The van der Waals surface area contributed by atoms with Gasteiger partial charge in [-0.3, -0.25) is 0 Å². The molecule has 50 valence electrons. The summed E-state index contributed by atoms with van der Waals surface area (Å²) >= 11 is 1.72. The van der Waals surface area contributed by atoms with Gasteiger partial charge in [0.25, 0.3) is 0 Å². The van der Waals surface area contributed by atoms with Gasteiger partial charge in [0.1, 0.15) is 0 Å². The van der Waals surface area contributed by atoms with Crippen LogP contribution in [0.2, 0.25) is 0 Å². The standard InChI is InChI=1S/C8H6OS/c1-2-8(10-5-1)7-3-4-9-6-7/h1-6H. The van der Waals surface area contributed by atoms with Crippen molar-refractivity contribution in [1.29, 1.82) is 0 Å². The van der Waals surface area contributed by atoms with E-state index in [0.29, 0.717) is 0 Å². The largest absolute Gasteiger partial charge is 0.472 e. The monoisotopic (exact) mass is 150 g/mol. The molecule has 0 aliphatic rings. The van der Waals surface area contributed by atoms with Crippen molar-refractivity contribution in [1.82, 2.24) is 0 Å². The second kappa shape index (κ2) is 2.31. The molecular weight excluding hydrogens is 144 g/mol. The van der Waals surface area contributed by atoms with Crippen LogP contribution >= 0.6 is 11.3 Å². The minimum atomic E-state index is 1.16. The molecule has 0 saturated carbocycles. The van der Waals surface area contributed by atoms with Crippen molar-refractivity contribution in [2.75, 3.05) is 0 Å². The van der Waals surface area contributed by atoms with Crippen molar-refractivity contribution in [2.45, 2.75) is 0 Å². The van der Waals surface area contributed by atoms with E-state index < -0.39 is 0 Å². The first kappa shape index (κ1) is 5.74. The summed E-state index contributed by atoms with van der Waals surface area (Å²) in [4.78, 5) is 1.26. The van der Waals surface area contributed by atoms with Crippen LogP contribution in [0.25, 0.3) is 10.4 Å². The normalized spacial score (nSPS) is 10.0. The van der Waals surface area contributed by atoms with Crippen LogP contribution in [0.4, 0.5) is 0 Å². The van der Waals surface area contributed by atoms with Crippen LogP contribution in [0, 0.1) is 0 Å². The molecule has 2 aromatic rings. The first-order valence-electron chi connectivity index (χ1n) is 3.03. The SMILES string of the molecule is c1csc(-c2ccoc2)c1. The first-order chi connectivity index (χ1) is 4.97. The molecule has 0 atom stereocenters. The molecule has 0 fully saturated rings. The van der Waals surface area contributed by atoms with Gasteiger partial charge in [-0.05, 0) is 17.5 Å². The highest BCUT2D eigenvalue weighted by molar-refractivity contribution is 7.13. The van der Waals surface area contributed by atoms with Crippen LogP contribution in [0.3, 0.4) is 0 Å². The highest BCUT2D eigenvalue weighted by Crippen LogP contribution is 2.24. The molecule has 0 radical (unpaired) electrons. The summed E-state index contributed by atoms with van der Waals surface area (Å²) < 4.78 is 4.94. The van der Waals surface area contributed by atoms with E-state index in [-0.39, 0.29) is 0 Å². The van der Waals surface area contributed by atoms with Crippen molar-refractivity contribution < 1.29 is 4.42 Å². The third kappa shape index (κ3) is 0.866. The van der Waals surface area contributed by atoms with Crippen molar-refractivity contribution in [2.24, 2.45) is 0 Å². The zero-order chi connectivity index (χ0) is 6.81. The Hall–Kier alpha value is -1.02. The number of furan rings is 1. The second-order valence-electron chi connectivity index (χ2n) is 1.99. The number of thiophene rings is 1. The van der Waals surface area contributed by atoms with E-state index in [2.05, 4.69) is 11.4 Å². The van der Waals surface area contributed by atoms with E-state index in [4.69, 9.17) is 4.42 Å². The molecule has 0 spiro atoms. The molecule has 1 nitrogen and oxygen atoms in total. The van der Waals surface area contributed by atoms with Crippen LogP contribution in [-0.4, -0.2) is 0 Å². The highest BCUT2D eigenvalue weighted by atomic mass is 32.1. The summed E-state index contributed by atoms with van der Waals surface area (Å²) in [6.45, 7) is 0. The smallest absolute Gasteiger partial charge is 0.0989 e. The van der Waals surface area contributed by atoms with Gasteiger partial charge in [0, 0.05) is 10.4 Å². The minimum Gasteiger partial charge on any atom is -0.472 e. The molecule has 0 N–H and O–H groups in total. The Morgan fingerprint density at radius 3 is 2.90 bits per heavy atom. The molecule has 0 aliphatic heterocycles. The van der Waals surface area contributed by atoms with Crippen molar-refractivity contribution >= 4 is 11.3 Å². The lowest BCUT2D eigenvalue weighted by atomic mass is 10.3. The van der Waals surface area contributed by atoms with Gasteiger partial charge in [-0.15, -0.1) is 11.3 Å². The van der Waals surface area contributed by atoms with Crippen LogP contribution in [-0.2, 0) is 0 Å². The lowest BCUT2D eigenvalue weighted by Gasteiger charge is -1.83. The maximum atomic E-state index is 4.94. The fraction of sp³-hybridized carbons (Fsp3) is 0. The zero-order valence-corrected chi connectivity index (χ0v) is 6.10. The number of rotatable bonds is 1. The Bertz CT molecular complexity index is 249. The first-order valence-corrected chi connectivity index (χ1v) is 3.91. The average Bonchev–Trinajstić information content (AvgIpc) is 2.59. The van der Waals surface area contributed by atoms with Gasteiger partial charge in [-0.2, -0.15) is 0 Å². The van der Waals surface area contributed by atoms with E-state index in [1.54, 1.807) is 23.9 Å². The summed E-state index contributed by atoms with van der Waals surface area (Å²) in [5, 5.41) is 2.06. The minimum absolute atomic E-state index is 1.16. The van der Waals surface area contributed by atoms with Crippen molar-refractivity contribution in [3.63, 3.8) is 0 Å². The fourth-order valence-corrected chi connectivity index (χ4v) is 1.56. The predicted molar refractivity (Wildman–Crippen MR) is 42.0 cm³/mol. The summed E-state index contributed by atoms with van der Waals surface area (Å²) in [6.07, 6.45) is 3.45. The van der Waals surface area contributed by atoms with Gasteiger partial charge in [0.15, 0.2) is 0 Å². The quantitative estimate of drug-likeness (QED) is 0.609. The van der Waals surface area contributed by atoms with E-state index in [1.807, 2.05) is 12.1 Å². The third-order valence-corrected chi connectivity index (χ3v) is 2.25. The van der Waals surface area contributed by atoms with Crippen molar-refractivity contribution in [3.8, 4) is 10.4 Å². The molecule has 0 saturated heterocycles. The molecule has 10 heavy (non-hydrogen) atoms. The lowest BCUT2D eigenvalue weighted by molar-refractivity contribution is 0.568. The van der Waals surface area contributed by atoms with Gasteiger partial charge >= 0.3 is 0 Å². The summed E-state index contributed by atoms with van der Waals surface area (Å²) in [5.41, 5.74) is 1.16. The Morgan fingerprint density at radius 1 is 1.30 bits per heavy atom. The van der Waals surface area contributed by atoms with Gasteiger partial charge in [0.05, 0.1) is 12.5 Å². The fourth-order valence-electron chi connectivity index (χ4n) is 0.847. The average molecular weight is 150 g/mol. The molecule has 0 amide bonds. The van der Waals surface area contributed by atoms with E-state index >= 15 is 0 Å². The summed E-state index contributed by atoms with van der Waals surface area (Å²) in [5.74, 6) is 0. The van der Waals surface area contributed by atoms with Gasteiger partial charge in [-0.25, -0.2) is 0 Å². The van der Waals surface area contributed by atoms with Crippen LogP contribution in [0.15, 0.2) is 40.5 Å². The molecule has 0 bridgehead atoms. The molecular formula is C8H6OS. The second-order valence-corrected chi connectivity index (χ2v) is 2.94. The maximum Gasteiger partial charge on any atom is 0.0989 e. The zero-order valence-electron chi connectivity index (χ0n) is 5.28.